The van der Waals surface area contributed by atoms with E-state index in [4.69, 9.17) is 27.2 Å². The number of hydrogen-bond acceptors (Lipinski definition) is 4. The van der Waals surface area contributed by atoms with Crippen molar-refractivity contribution in [3.8, 4) is 5.75 Å². The number of ether oxygens (including phenoxy) is 1. The zero-order valence-electron chi connectivity index (χ0n) is 13.2. The maximum absolute atomic E-state index is 11.0. The van der Waals surface area contributed by atoms with E-state index in [2.05, 4.69) is 5.32 Å². The Balaban J connectivity index is 1.79. The first-order valence-electron chi connectivity index (χ1n) is 7.68. The van der Waals surface area contributed by atoms with E-state index in [1.807, 2.05) is 48.5 Å². The van der Waals surface area contributed by atoms with Crippen LogP contribution in [0.15, 0.2) is 48.5 Å². The highest BCUT2D eigenvalue weighted by atomic mass is 35.5. The van der Waals surface area contributed by atoms with Gasteiger partial charge in [-0.15, -0.1) is 0 Å². The highest BCUT2D eigenvalue weighted by molar-refractivity contribution is 6.30. The maximum atomic E-state index is 11.0. The Bertz CT molecular complexity index is 662. The van der Waals surface area contributed by atoms with Crippen LogP contribution in [0.3, 0.4) is 0 Å². The van der Waals surface area contributed by atoms with E-state index in [1.165, 1.54) is 0 Å². The van der Waals surface area contributed by atoms with Crippen molar-refractivity contribution in [2.45, 2.75) is 19.1 Å². The van der Waals surface area contributed by atoms with Crippen LogP contribution in [0.25, 0.3) is 0 Å². The maximum Gasteiger partial charge on any atom is 0.236 e. The van der Waals surface area contributed by atoms with E-state index in [-0.39, 0.29) is 6.61 Å². The molecule has 0 saturated carbocycles. The van der Waals surface area contributed by atoms with Gasteiger partial charge in [-0.1, -0.05) is 35.9 Å². The first-order chi connectivity index (χ1) is 11.6. The van der Waals surface area contributed by atoms with Gasteiger partial charge in [0.2, 0.25) is 5.91 Å². The highest BCUT2D eigenvalue weighted by Crippen LogP contribution is 2.16. The predicted octanol–water partition coefficient (Wildman–Crippen LogP) is 1.90. The van der Waals surface area contributed by atoms with Gasteiger partial charge in [-0.2, -0.15) is 0 Å². The summed E-state index contributed by atoms with van der Waals surface area (Å²) in [6.45, 7) is 0.709. The van der Waals surface area contributed by atoms with Crippen molar-refractivity contribution in [2.24, 2.45) is 5.73 Å². The monoisotopic (exact) mass is 348 g/mol. The lowest BCUT2D eigenvalue weighted by atomic mass is 10.1. The molecule has 0 aromatic heterocycles. The molecule has 4 N–H and O–H groups in total. The third kappa shape index (κ3) is 5.85. The lowest BCUT2D eigenvalue weighted by Crippen LogP contribution is -2.44. The number of amides is 1. The molecule has 6 heteroatoms. The van der Waals surface area contributed by atoms with Gasteiger partial charge in [0.1, 0.15) is 18.4 Å². The van der Waals surface area contributed by atoms with Crippen LogP contribution in [-0.4, -0.2) is 30.2 Å². The molecule has 0 aliphatic rings. The molecule has 2 aromatic rings. The van der Waals surface area contributed by atoms with Crippen LogP contribution in [0, 0.1) is 0 Å². The van der Waals surface area contributed by atoms with Crippen LogP contribution < -0.4 is 15.8 Å². The first kappa shape index (κ1) is 18.3. The molecule has 0 aliphatic carbocycles. The number of carbonyl (C=O) groups is 1. The molecule has 2 rings (SSSR count). The summed E-state index contributed by atoms with van der Waals surface area (Å²) in [7, 11) is 0. The number of carbonyl (C=O) groups excluding carboxylic acids is 1. The minimum atomic E-state index is -0.703. The molecular formula is C18H21ClN2O3. The van der Waals surface area contributed by atoms with E-state index >= 15 is 0 Å². The molecular weight excluding hydrogens is 328 g/mol. The van der Waals surface area contributed by atoms with Crippen molar-refractivity contribution in [1.82, 2.24) is 5.32 Å². The lowest BCUT2D eigenvalue weighted by Gasteiger charge is -2.12. The number of aliphatic hydroxyl groups excluding tert-OH is 1. The van der Waals surface area contributed by atoms with Crippen molar-refractivity contribution in [3.05, 3.63) is 64.7 Å². The molecule has 0 radical (unpaired) electrons. The second-order valence-electron chi connectivity index (χ2n) is 5.40. The van der Waals surface area contributed by atoms with Crippen LogP contribution >= 0.6 is 11.6 Å². The van der Waals surface area contributed by atoms with Gasteiger partial charge in [0.15, 0.2) is 0 Å². The quantitative estimate of drug-likeness (QED) is 0.646. The summed E-state index contributed by atoms with van der Waals surface area (Å²) >= 11 is 5.94. The average molecular weight is 349 g/mol. The van der Waals surface area contributed by atoms with Crippen LogP contribution in [0.4, 0.5) is 0 Å². The predicted molar refractivity (Wildman–Crippen MR) is 94.0 cm³/mol. The fourth-order valence-electron chi connectivity index (χ4n) is 2.19. The number of hydrogen-bond donors (Lipinski definition) is 3. The Morgan fingerprint density at radius 3 is 2.58 bits per heavy atom. The highest BCUT2D eigenvalue weighted by Gasteiger charge is 2.12. The molecule has 5 nitrogen and oxygen atoms in total. The van der Waals surface area contributed by atoms with E-state index in [9.17, 15) is 4.79 Å². The van der Waals surface area contributed by atoms with Gasteiger partial charge in [0.25, 0.3) is 0 Å². The normalized spacial score (nSPS) is 11.9. The minimum absolute atomic E-state index is 0.300. The largest absolute Gasteiger partial charge is 0.489 e. The summed E-state index contributed by atoms with van der Waals surface area (Å²) < 4.78 is 5.73. The standard InChI is InChI=1S/C18H21ClN2O3/c19-15-3-1-2-14(10-15)12-24-16-6-4-13(5-7-16)8-9-21-17(11-22)18(20)23/h1-7,10,17,21-22H,8-9,11-12H2,(H2,20,23). The molecule has 128 valence electrons. The number of benzene rings is 2. The fourth-order valence-corrected chi connectivity index (χ4v) is 2.40. The average Bonchev–Trinajstić information content (AvgIpc) is 2.58. The summed E-state index contributed by atoms with van der Waals surface area (Å²) in [5.41, 5.74) is 7.26. The minimum Gasteiger partial charge on any atom is -0.489 e. The van der Waals surface area contributed by atoms with Crippen molar-refractivity contribution in [3.63, 3.8) is 0 Å². The molecule has 1 unspecified atom stereocenters. The second kappa shape index (κ2) is 9.27. The Labute approximate surface area is 146 Å². The SMILES string of the molecule is NC(=O)C(CO)NCCc1ccc(OCc2cccc(Cl)c2)cc1. The molecule has 0 heterocycles. The van der Waals surface area contributed by atoms with Gasteiger partial charge in [-0.05, 0) is 48.4 Å². The molecule has 0 bridgehead atoms. The summed E-state index contributed by atoms with van der Waals surface area (Å²) in [5.74, 6) is 0.222. The summed E-state index contributed by atoms with van der Waals surface area (Å²) in [6, 6.07) is 14.6. The van der Waals surface area contributed by atoms with Gasteiger partial charge in [0.05, 0.1) is 6.61 Å². The number of halogens is 1. The third-order valence-corrected chi connectivity index (χ3v) is 3.78. The fraction of sp³-hybridized carbons (Fsp3) is 0.278. The molecule has 0 fully saturated rings. The number of rotatable bonds is 9. The van der Waals surface area contributed by atoms with Crippen molar-refractivity contribution in [1.29, 1.82) is 0 Å². The first-order valence-corrected chi connectivity index (χ1v) is 8.06. The van der Waals surface area contributed by atoms with Gasteiger partial charge in [0, 0.05) is 5.02 Å². The number of primary amides is 1. The Morgan fingerprint density at radius 1 is 1.21 bits per heavy atom. The topological polar surface area (TPSA) is 84.6 Å². The van der Waals surface area contributed by atoms with Gasteiger partial charge in [-0.25, -0.2) is 0 Å². The van der Waals surface area contributed by atoms with E-state index in [0.717, 1.165) is 23.3 Å². The molecule has 24 heavy (non-hydrogen) atoms. The summed E-state index contributed by atoms with van der Waals surface area (Å²) in [5, 5.41) is 12.6. The summed E-state index contributed by atoms with van der Waals surface area (Å²) in [4.78, 5) is 11.0. The second-order valence-corrected chi connectivity index (χ2v) is 5.84. The zero-order valence-corrected chi connectivity index (χ0v) is 14.0. The van der Waals surface area contributed by atoms with Crippen molar-refractivity contribution >= 4 is 17.5 Å². The molecule has 2 aromatic carbocycles. The smallest absolute Gasteiger partial charge is 0.236 e. The number of aliphatic hydroxyl groups is 1. The van der Waals surface area contributed by atoms with Gasteiger partial charge >= 0.3 is 0 Å². The molecule has 1 atom stereocenters. The zero-order chi connectivity index (χ0) is 17.4. The van der Waals surface area contributed by atoms with E-state index < -0.39 is 11.9 Å². The van der Waals surface area contributed by atoms with Gasteiger partial charge in [-0.3, -0.25) is 4.79 Å². The van der Waals surface area contributed by atoms with E-state index in [0.29, 0.717) is 18.2 Å². The summed E-state index contributed by atoms with van der Waals surface area (Å²) in [6.07, 6.45) is 0.721. The Hall–Kier alpha value is -2.08. The van der Waals surface area contributed by atoms with Crippen LogP contribution in [0.1, 0.15) is 11.1 Å². The molecule has 1 amide bonds. The van der Waals surface area contributed by atoms with Crippen LogP contribution in [-0.2, 0) is 17.8 Å². The van der Waals surface area contributed by atoms with Crippen LogP contribution in [0.2, 0.25) is 5.02 Å². The molecule has 0 aliphatic heterocycles. The lowest BCUT2D eigenvalue weighted by molar-refractivity contribution is -0.120. The Morgan fingerprint density at radius 2 is 1.96 bits per heavy atom. The number of nitrogens with one attached hydrogen (secondary N) is 1. The van der Waals surface area contributed by atoms with Crippen molar-refractivity contribution < 1.29 is 14.6 Å². The molecule has 0 saturated heterocycles. The van der Waals surface area contributed by atoms with E-state index in [1.54, 1.807) is 0 Å². The third-order valence-electron chi connectivity index (χ3n) is 3.55. The van der Waals surface area contributed by atoms with Crippen LogP contribution in [0.5, 0.6) is 5.75 Å². The van der Waals surface area contributed by atoms with Crippen molar-refractivity contribution in [2.75, 3.05) is 13.2 Å². The Kier molecular flexibility index (Phi) is 7.06. The molecule has 0 spiro atoms. The van der Waals surface area contributed by atoms with Gasteiger partial charge < -0.3 is 20.9 Å². The number of nitrogens with two attached hydrogens (primary N) is 1.